The second-order valence-electron chi connectivity index (χ2n) is 4.08. The highest BCUT2D eigenvalue weighted by atomic mass is 16.2. The third-order valence-electron chi connectivity index (χ3n) is 2.67. The molecule has 2 aromatic rings. The topological polar surface area (TPSA) is 72.9 Å². The third kappa shape index (κ3) is 2.75. The van der Waals surface area contributed by atoms with Crippen molar-refractivity contribution in [3.63, 3.8) is 0 Å². The van der Waals surface area contributed by atoms with Gasteiger partial charge in [0.1, 0.15) is 5.82 Å². The summed E-state index contributed by atoms with van der Waals surface area (Å²) in [4.78, 5) is 15.7. The van der Waals surface area contributed by atoms with E-state index in [0.29, 0.717) is 13.0 Å². The van der Waals surface area contributed by atoms with Crippen LogP contribution in [0.2, 0.25) is 0 Å². The molecule has 0 spiro atoms. The molecule has 5 nitrogen and oxygen atoms in total. The summed E-state index contributed by atoms with van der Waals surface area (Å²) in [6.07, 6.45) is 2.28. The quantitative estimate of drug-likeness (QED) is 0.483. The zero-order chi connectivity index (χ0) is 13.0. The smallest absolute Gasteiger partial charge is 0.235 e. The van der Waals surface area contributed by atoms with Gasteiger partial charge in [0.2, 0.25) is 5.91 Å². The van der Waals surface area contributed by atoms with Crippen LogP contribution in [0.3, 0.4) is 0 Å². The maximum atomic E-state index is 11.2. The van der Waals surface area contributed by atoms with E-state index in [1.54, 1.807) is 0 Å². The first kappa shape index (κ1) is 12.3. The molecule has 0 aliphatic rings. The third-order valence-corrected chi connectivity index (χ3v) is 2.67. The number of carbonyl (C=O) groups is 1. The SMILES string of the molecule is Cc1cn(CCC(=O)NN)c(-c2ccccc2)n1. The number of nitrogens with one attached hydrogen (secondary N) is 1. The number of hydrogen-bond acceptors (Lipinski definition) is 3. The average Bonchev–Trinajstić information content (AvgIpc) is 2.78. The van der Waals surface area contributed by atoms with Crippen LogP contribution in [0.4, 0.5) is 0 Å². The largest absolute Gasteiger partial charge is 0.330 e. The Labute approximate surface area is 106 Å². The number of hydrazine groups is 1. The molecule has 2 rings (SSSR count). The van der Waals surface area contributed by atoms with Crippen molar-refractivity contribution in [1.29, 1.82) is 0 Å². The fourth-order valence-corrected chi connectivity index (χ4v) is 1.83. The van der Waals surface area contributed by atoms with Crippen LogP contribution in [-0.4, -0.2) is 15.5 Å². The van der Waals surface area contributed by atoms with E-state index in [1.807, 2.05) is 48.0 Å². The number of aryl methyl sites for hydroxylation is 2. The highest BCUT2D eigenvalue weighted by Crippen LogP contribution is 2.18. The number of nitrogens with two attached hydrogens (primary N) is 1. The molecule has 0 saturated heterocycles. The average molecular weight is 244 g/mol. The van der Waals surface area contributed by atoms with Crippen molar-refractivity contribution in [3.05, 3.63) is 42.2 Å². The Morgan fingerprint density at radius 3 is 2.78 bits per heavy atom. The fraction of sp³-hybridized carbons (Fsp3) is 0.231. The Kier molecular flexibility index (Phi) is 3.74. The molecule has 0 bridgehead atoms. The molecule has 1 aromatic heterocycles. The van der Waals surface area contributed by atoms with Gasteiger partial charge in [-0.15, -0.1) is 0 Å². The number of hydrogen-bond donors (Lipinski definition) is 2. The molecule has 18 heavy (non-hydrogen) atoms. The highest BCUT2D eigenvalue weighted by Gasteiger charge is 2.09. The van der Waals surface area contributed by atoms with Gasteiger partial charge < -0.3 is 4.57 Å². The summed E-state index contributed by atoms with van der Waals surface area (Å²) in [5, 5.41) is 0. The zero-order valence-electron chi connectivity index (χ0n) is 10.3. The molecule has 3 N–H and O–H groups in total. The van der Waals surface area contributed by atoms with Crippen LogP contribution in [0, 0.1) is 6.92 Å². The first-order valence-electron chi connectivity index (χ1n) is 5.79. The highest BCUT2D eigenvalue weighted by molar-refractivity contribution is 5.75. The lowest BCUT2D eigenvalue weighted by atomic mass is 10.2. The van der Waals surface area contributed by atoms with Crippen molar-refractivity contribution in [2.75, 3.05) is 0 Å². The number of imidazole rings is 1. The van der Waals surface area contributed by atoms with Gasteiger partial charge in [-0.05, 0) is 6.92 Å². The lowest BCUT2D eigenvalue weighted by molar-refractivity contribution is -0.121. The molecule has 0 fully saturated rings. The molecule has 0 aliphatic carbocycles. The molecular weight excluding hydrogens is 228 g/mol. The standard InChI is InChI=1S/C13H16N4O/c1-10-9-17(8-7-12(18)16-14)13(15-10)11-5-3-2-4-6-11/h2-6,9H,7-8,14H2,1H3,(H,16,18). The number of amides is 1. The Morgan fingerprint density at radius 1 is 1.39 bits per heavy atom. The first-order chi connectivity index (χ1) is 8.70. The van der Waals surface area contributed by atoms with Gasteiger partial charge in [0.25, 0.3) is 0 Å². The molecule has 1 heterocycles. The minimum absolute atomic E-state index is 0.180. The van der Waals surface area contributed by atoms with Crippen molar-refractivity contribution < 1.29 is 4.79 Å². The van der Waals surface area contributed by atoms with Gasteiger partial charge in [-0.3, -0.25) is 10.2 Å². The summed E-state index contributed by atoms with van der Waals surface area (Å²) in [5.74, 6) is 5.76. The van der Waals surface area contributed by atoms with E-state index in [9.17, 15) is 4.79 Å². The summed E-state index contributed by atoms with van der Waals surface area (Å²) in [7, 11) is 0. The molecule has 5 heteroatoms. The van der Waals surface area contributed by atoms with Gasteiger partial charge in [-0.2, -0.15) is 0 Å². The van der Waals surface area contributed by atoms with Gasteiger partial charge in [0.05, 0.1) is 5.69 Å². The van der Waals surface area contributed by atoms with Crippen LogP contribution in [0.15, 0.2) is 36.5 Å². The van der Waals surface area contributed by atoms with Crippen molar-refractivity contribution in [3.8, 4) is 11.4 Å². The second kappa shape index (κ2) is 5.46. The molecule has 94 valence electrons. The Bertz CT molecular complexity index is 533. The predicted molar refractivity (Wildman–Crippen MR) is 69.3 cm³/mol. The molecule has 1 amide bonds. The second-order valence-corrected chi connectivity index (χ2v) is 4.08. The Balaban J connectivity index is 2.23. The van der Waals surface area contributed by atoms with Crippen LogP contribution in [0.25, 0.3) is 11.4 Å². The van der Waals surface area contributed by atoms with Gasteiger partial charge in [-0.25, -0.2) is 10.8 Å². The molecule has 0 aliphatic heterocycles. The molecule has 1 aromatic carbocycles. The maximum absolute atomic E-state index is 11.2. The van der Waals surface area contributed by atoms with Crippen molar-refractivity contribution in [2.24, 2.45) is 5.84 Å². The van der Waals surface area contributed by atoms with E-state index < -0.39 is 0 Å². The van der Waals surface area contributed by atoms with Crippen molar-refractivity contribution in [2.45, 2.75) is 19.9 Å². The zero-order valence-corrected chi connectivity index (χ0v) is 10.3. The molecule has 0 atom stereocenters. The summed E-state index contributed by atoms with van der Waals surface area (Å²) < 4.78 is 1.97. The number of aromatic nitrogens is 2. The number of rotatable bonds is 4. The predicted octanol–water partition coefficient (Wildman–Crippen LogP) is 1.24. The van der Waals surface area contributed by atoms with E-state index in [-0.39, 0.29) is 5.91 Å². The van der Waals surface area contributed by atoms with E-state index >= 15 is 0 Å². The summed E-state index contributed by atoms with van der Waals surface area (Å²) in [5.41, 5.74) is 4.10. The van der Waals surface area contributed by atoms with Crippen molar-refractivity contribution in [1.82, 2.24) is 15.0 Å². The molecule has 0 unspecified atom stereocenters. The van der Waals surface area contributed by atoms with Crippen LogP contribution >= 0.6 is 0 Å². The minimum atomic E-state index is -0.180. The maximum Gasteiger partial charge on any atom is 0.235 e. The summed E-state index contributed by atoms with van der Waals surface area (Å²) in [6, 6.07) is 9.90. The minimum Gasteiger partial charge on any atom is -0.330 e. The first-order valence-corrected chi connectivity index (χ1v) is 5.79. The summed E-state index contributed by atoms with van der Waals surface area (Å²) in [6.45, 7) is 2.50. The van der Waals surface area contributed by atoms with E-state index in [2.05, 4.69) is 10.4 Å². The van der Waals surface area contributed by atoms with Gasteiger partial charge in [0, 0.05) is 24.7 Å². The lowest BCUT2D eigenvalue weighted by Gasteiger charge is -2.07. The van der Waals surface area contributed by atoms with E-state index in [0.717, 1.165) is 17.1 Å². The molecule has 0 radical (unpaired) electrons. The van der Waals surface area contributed by atoms with E-state index in [1.165, 1.54) is 0 Å². The lowest BCUT2D eigenvalue weighted by Crippen LogP contribution is -2.30. The number of nitrogens with zero attached hydrogens (tertiary/aromatic N) is 2. The van der Waals surface area contributed by atoms with Crippen LogP contribution in [0.1, 0.15) is 12.1 Å². The van der Waals surface area contributed by atoms with Gasteiger partial charge in [0.15, 0.2) is 0 Å². The molecular formula is C13H16N4O. The van der Waals surface area contributed by atoms with Gasteiger partial charge in [-0.1, -0.05) is 30.3 Å². The van der Waals surface area contributed by atoms with Crippen LogP contribution in [0.5, 0.6) is 0 Å². The van der Waals surface area contributed by atoms with Crippen LogP contribution < -0.4 is 11.3 Å². The Morgan fingerprint density at radius 2 is 2.11 bits per heavy atom. The fourth-order valence-electron chi connectivity index (χ4n) is 1.83. The van der Waals surface area contributed by atoms with Crippen LogP contribution in [-0.2, 0) is 11.3 Å². The normalized spacial score (nSPS) is 10.3. The molecule has 0 saturated carbocycles. The van der Waals surface area contributed by atoms with E-state index in [4.69, 9.17) is 5.84 Å². The number of carbonyl (C=O) groups excluding carboxylic acids is 1. The summed E-state index contributed by atoms with van der Waals surface area (Å²) >= 11 is 0. The monoisotopic (exact) mass is 244 g/mol. The van der Waals surface area contributed by atoms with Crippen molar-refractivity contribution >= 4 is 5.91 Å². The number of benzene rings is 1. The van der Waals surface area contributed by atoms with Gasteiger partial charge >= 0.3 is 0 Å². The Hall–Kier alpha value is -2.14.